The van der Waals surface area contributed by atoms with E-state index in [1.165, 1.54) is 19.3 Å². The first-order valence-corrected chi connectivity index (χ1v) is 7.01. The van der Waals surface area contributed by atoms with Crippen LogP contribution in [-0.4, -0.2) is 31.1 Å². The lowest BCUT2D eigenvalue weighted by Gasteiger charge is -2.34. The minimum atomic E-state index is -0.391. The highest BCUT2D eigenvalue weighted by atomic mass is 16.7. The molecule has 100 valence electrons. The third-order valence-corrected chi connectivity index (χ3v) is 4.13. The van der Waals surface area contributed by atoms with Gasteiger partial charge in [0.05, 0.1) is 12.7 Å². The molecule has 1 heterocycles. The number of nitrogens with one attached hydrogen (secondary N) is 1. The summed E-state index contributed by atoms with van der Waals surface area (Å²) < 4.78 is 11.4. The lowest BCUT2D eigenvalue weighted by molar-refractivity contribution is -0.138. The van der Waals surface area contributed by atoms with Gasteiger partial charge in [0.1, 0.15) is 0 Å². The van der Waals surface area contributed by atoms with Crippen molar-refractivity contribution in [2.24, 2.45) is 11.8 Å². The van der Waals surface area contributed by atoms with Crippen molar-refractivity contribution in [3.8, 4) is 0 Å². The third kappa shape index (κ3) is 3.67. The van der Waals surface area contributed by atoms with Gasteiger partial charge in [-0.2, -0.15) is 0 Å². The van der Waals surface area contributed by atoms with E-state index >= 15 is 0 Å². The summed E-state index contributed by atoms with van der Waals surface area (Å²) in [7, 11) is 0. The van der Waals surface area contributed by atoms with Gasteiger partial charge in [-0.25, -0.2) is 0 Å². The van der Waals surface area contributed by atoms with E-state index in [1.54, 1.807) is 0 Å². The fourth-order valence-corrected chi connectivity index (χ4v) is 2.96. The Labute approximate surface area is 105 Å². The maximum absolute atomic E-state index is 5.82. The van der Waals surface area contributed by atoms with Gasteiger partial charge in [-0.15, -0.1) is 0 Å². The van der Waals surface area contributed by atoms with Crippen LogP contribution in [0.4, 0.5) is 0 Å². The van der Waals surface area contributed by atoms with Gasteiger partial charge in [0.15, 0.2) is 5.79 Å². The molecule has 1 saturated heterocycles. The molecular formula is C14H27NO2. The molecule has 4 atom stereocenters. The minimum absolute atomic E-state index is 0.217. The molecular weight excluding hydrogens is 214 g/mol. The second-order valence-electron chi connectivity index (χ2n) is 6.36. The second-order valence-corrected chi connectivity index (χ2v) is 6.36. The lowest BCUT2D eigenvalue weighted by Crippen LogP contribution is -2.43. The quantitative estimate of drug-likeness (QED) is 0.823. The molecule has 1 N–H and O–H groups in total. The van der Waals surface area contributed by atoms with Crippen molar-refractivity contribution in [3.05, 3.63) is 0 Å². The van der Waals surface area contributed by atoms with E-state index in [4.69, 9.17) is 9.47 Å². The van der Waals surface area contributed by atoms with Gasteiger partial charge in [-0.1, -0.05) is 20.3 Å². The molecule has 4 unspecified atom stereocenters. The van der Waals surface area contributed by atoms with Crippen LogP contribution in [0.15, 0.2) is 0 Å². The zero-order valence-electron chi connectivity index (χ0n) is 11.7. The zero-order chi connectivity index (χ0) is 12.5. The highest BCUT2D eigenvalue weighted by Gasteiger charge is 2.33. The fourth-order valence-electron chi connectivity index (χ4n) is 2.96. The molecule has 17 heavy (non-hydrogen) atoms. The smallest absolute Gasteiger partial charge is 0.163 e. The number of ether oxygens (including phenoxy) is 2. The number of hydrogen-bond acceptors (Lipinski definition) is 3. The van der Waals surface area contributed by atoms with Crippen molar-refractivity contribution in [1.82, 2.24) is 5.32 Å². The van der Waals surface area contributed by atoms with E-state index < -0.39 is 5.79 Å². The molecule has 1 aliphatic heterocycles. The van der Waals surface area contributed by atoms with E-state index in [1.807, 2.05) is 13.8 Å². The van der Waals surface area contributed by atoms with Gasteiger partial charge in [-0.3, -0.25) is 0 Å². The maximum atomic E-state index is 5.82. The molecule has 2 aliphatic rings. The predicted octanol–water partition coefficient (Wildman–Crippen LogP) is 2.55. The average Bonchev–Trinajstić information content (AvgIpc) is 2.60. The van der Waals surface area contributed by atoms with Crippen LogP contribution in [0.5, 0.6) is 0 Å². The second kappa shape index (κ2) is 5.25. The highest BCUT2D eigenvalue weighted by Crippen LogP contribution is 2.29. The van der Waals surface area contributed by atoms with Crippen molar-refractivity contribution < 1.29 is 9.47 Å². The molecule has 2 rings (SSSR count). The SMILES string of the molecule is CC1CCC(C)C(NCC2COC(C)(C)O2)C1. The molecule has 0 amide bonds. The summed E-state index contributed by atoms with van der Waals surface area (Å²) in [5, 5.41) is 3.68. The number of hydrogen-bond donors (Lipinski definition) is 1. The molecule has 0 spiro atoms. The van der Waals surface area contributed by atoms with Crippen LogP contribution in [0, 0.1) is 11.8 Å². The molecule has 0 aromatic carbocycles. The summed E-state index contributed by atoms with van der Waals surface area (Å²) in [4.78, 5) is 0. The monoisotopic (exact) mass is 241 g/mol. The molecule has 1 aliphatic carbocycles. The third-order valence-electron chi connectivity index (χ3n) is 4.13. The molecule has 0 aromatic rings. The van der Waals surface area contributed by atoms with Crippen molar-refractivity contribution in [1.29, 1.82) is 0 Å². The minimum Gasteiger partial charge on any atom is -0.348 e. The maximum Gasteiger partial charge on any atom is 0.163 e. The molecule has 0 bridgehead atoms. The predicted molar refractivity (Wildman–Crippen MR) is 68.9 cm³/mol. The molecule has 2 fully saturated rings. The highest BCUT2D eigenvalue weighted by molar-refractivity contribution is 4.83. The Bertz CT molecular complexity index is 255. The Balaban J connectivity index is 1.74. The summed E-state index contributed by atoms with van der Waals surface area (Å²) in [6.07, 6.45) is 4.26. The van der Waals surface area contributed by atoms with Crippen LogP contribution in [0.1, 0.15) is 47.0 Å². The normalized spacial score (nSPS) is 41.6. The van der Waals surface area contributed by atoms with Crippen LogP contribution in [-0.2, 0) is 9.47 Å². The summed E-state index contributed by atoms with van der Waals surface area (Å²) in [5.41, 5.74) is 0. The van der Waals surface area contributed by atoms with Gasteiger partial charge in [-0.05, 0) is 38.5 Å². The molecule has 3 heteroatoms. The van der Waals surface area contributed by atoms with Gasteiger partial charge in [0, 0.05) is 12.6 Å². The van der Waals surface area contributed by atoms with E-state index in [-0.39, 0.29) is 6.10 Å². The van der Waals surface area contributed by atoms with Crippen molar-refractivity contribution in [2.75, 3.05) is 13.2 Å². The van der Waals surface area contributed by atoms with Crippen LogP contribution >= 0.6 is 0 Å². The van der Waals surface area contributed by atoms with E-state index in [0.717, 1.165) is 25.0 Å². The fraction of sp³-hybridized carbons (Fsp3) is 1.00. The topological polar surface area (TPSA) is 30.5 Å². The van der Waals surface area contributed by atoms with Gasteiger partial charge >= 0.3 is 0 Å². The zero-order valence-corrected chi connectivity index (χ0v) is 11.7. The Morgan fingerprint density at radius 1 is 1.24 bits per heavy atom. The standard InChI is InChI=1S/C14H27NO2/c1-10-5-6-11(2)13(7-10)15-8-12-9-16-14(3,4)17-12/h10-13,15H,5-9H2,1-4H3. The Kier molecular flexibility index (Phi) is 4.11. The molecule has 0 aromatic heterocycles. The Morgan fingerprint density at radius 3 is 2.65 bits per heavy atom. The molecule has 1 saturated carbocycles. The summed E-state index contributed by atoms with van der Waals surface area (Å²) in [5.74, 6) is 1.26. The van der Waals surface area contributed by atoms with Crippen LogP contribution in [0.3, 0.4) is 0 Å². The van der Waals surface area contributed by atoms with E-state index in [0.29, 0.717) is 6.04 Å². The summed E-state index contributed by atoms with van der Waals surface area (Å²) >= 11 is 0. The first-order valence-electron chi connectivity index (χ1n) is 7.01. The first-order chi connectivity index (χ1) is 7.96. The first kappa shape index (κ1) is 13.3. The summed E-state index contributed by atoms with van der Waals surface area (Å²) in [6, 6.07) is 0.658. The lowest BCUT2D eigenvalue weighted by atomic mass is 9.80. The Hall–Kier alpha value is -0.120. The molecule has 3 nitrogen and oxygen atoms in total. The number of rotatable bonds is 3. The van der Waals surface area contributed by atoms with Crippen LogP contribution < -0.4 is 5.32 Å². The molecule has 0 radical (unpaired) electrons. The summed E-state index contributed by atoms with van der Waals surface area (Å²) in [6.45, 7) is 10.3. The van der Waals surface area contributed by atoms with E-state index in [2.05, 4.69) is 19.2 Å². The van der Waals surface area contributed by atoms with Gasteiger partial charge in [0.2, 0.25) is 0 Å². The van der Waals surface area contributed by atoms with Gasteiger partial charge < -0.3 is 14.8 Å². The van der Waals surface area contributed by atoms with Gasteiger partial charge in [0.25, 0.3) is 0 Å². The van der Waals surface area contributed by atoms with E-state index in [9.17, 15) is 0 Å². The van der Waals surface area contributed by atoms with Crippen molar-refractivity contribution in [2.45, 2.75) is 64.9 Å². The van der Waals surface area contributed by atoms with Crippen LogP contribution in [0.25, 0.3) is 0 Å². The largest absolute Gasteiger partial charge is 0.348 e. The van der Waals surface area contributed by atoms with Crippen molar-refractivity contribution >= 4 is 0 Å². The van der Waals surface area contributed by atoms with Crippen LogP contribution in [0.2, 0.25) is 0 Å². The average molecular weight is 241 g/mol. The Morgan fingerprint density at radius 2 is 2.00 bits per heavy atom. The van der Waals surface area contributed by atoms with Crippen molar-refractivity contribution in [3.63, 3.8) is 0 Å².